The van der Waals surface area contributed by atoms with Crippen LogP contribution in [0.15, 0.2) is 18.2 Å². The van der Waals surface area contributed by atoms with Crippen LogP contribution < -0.4 is 5.32 Å². The fraction of sp³-hybridized carbons (Fsp3) is 0.600. The molecule has 0 saturated heterocycles. The summed E-state index contributed by atoms with van der Waals surface area (Å²) in [6, 6.07) is 5.02. The molecule has 6 heteroatoms. The molecule has 0 spiro atoms. The van der Waals surface area contributed by atoms with Gasteiger partial charge in [-0.25, -0.2) is 0 Å². The normalized spacial score (nSPS) is 33.0. The number of carbonyl (C=O) groups is 2. The van der Waals surface area contributed by atoms with Gasteiger partial charge in [0.05, 0.1) is 21.1 Å². The molecule has 1 atom stereocenters. The summed E-state index contributed by atoms with van der Waals surface area (Å²) in [6.07, 6.45) is 5.68. The lowest BCUT2D eigenvalue weighted by Gasteiger charge is -2.55. The molecule has 4 fully saturated rings. The zero-order valence-electron chi connectivity index (χ0n) is 14.8. The van der Waals surface area contributed by atoms with E-state index < -0.39 is 12.0 Å². The fourth-order valence-corrected chi connectivity index (χ4v) is 5.88. The minimum atomic E-state index is -0.870. The average molecular weight is 396 g/mol. The van der Waals surface area contributed by atoms with Crippen LogP contribution in [0.5, 0.6) is 0 Å². The van der Waals surface area contributed by atoms with E-state index in [2.05, 4.69) is 5.32 Å². The van der Waals surface area contributed by atoms with Crippen LogP contribution in [0.1, 0.15) is 45.4 Å². The monoisotopic (exact) mass is 395 g/mol. The highest BCUT2D eigenvalue weighted by atomic mass is 35.5. The lowest BCUT2D eigenvalue weighted by molar-refractivity contribution is -0.177. The van der Waals surface area contributed by atoms with E-state index in [0.717, 1.165) is 19.3 Å². The molecule has 1 aromatic carbocycles. The van der Waals surface area contributed by atoms with E-state index in [1.807, 2.05) is 0 Å². The molecule has 4 aliphatic rings. The molecule has 26 heavy (non-hydrogen) atoms. The van der Waals surface area contributed by atoms with Gasteiger partial charge in [-0.3, -0.25) is 9.59 Å². The van der Waals surface area contributed by atoms with E-state index >= 15 is 0 Å². The number of benzene rings is 1. The minimum Gasteiger partial charge on any atom is -0.452 e. The number of carbonyl (C=O) groups excluding carboxylic acids is 2. The maximum absolute atomic E-state index is 12.9. The predicted molar refractivity (Wildman–Crippen MR) is 101 cm³/mol. The zero-order chi connectivity index (χ0) is 18.5. The maximum Gasteiger partial charge on any atom is 0.312 e. The molecule has 4 aliphatic carbocycles. The van der Waals surface area contributed by atoms with Crippen molar-refractivity contribution in [1.82, 2.24) is 0 Å². The average Bonchev–Trinajstić information content (AvgIpc) is 2.57. The Labute approximate surface area is 163 Å². The fourth-order valence-electron chi connectivity index (χ4n) is 5.53. The summed E-state index contributed by atoms with van der Waals surface area (Å²) in [4.78, 5) is 25.4. The van der Waals surface area contributed by atoms with Gasteiger partial charge in [-0.05, 0) is 75.3 Å². The highest BCUT2D eigenvalue weighted by Gasteiger charge is 2.55. The summed E-state index contributed by atoms with van der Waals surface area (Å²) in [6.45, 7) is 1.60. The SMILES string of the molecule is CC(OC(=O)C12CC3CC(CC(C3)C1)C2)C(=O)Nc1cccc(Cl)c1Cl. The number of anilines is 1. The van der Waals surface area contributed by atoms with Gasteiger partial charge >= 0.3 is 5.97 Å². The molecule has 0 aliphatic heterocycles. The summed E-state index contributed by atoms with van der Waals surface area (Å²) in [5.41, 5.74) is 0.0543. The number of ether oxygens (including phenoxy) is 1. The van der Waals surface area contributed by atoms with E-state index in [1.165, 1.54) is 19.3 Å². The number of halogens is 2. The molecule has 0 aromatic heterocycles. The van der Waals surface area contributed by atoms with Gasteiger partial charge in [0.2, 0.25) is 0 Å². The van der Waals surface area contributed by atoms with Crippen LogP contribution in [0.3, 0.4) is 0 Å². The molecular formula is C20H23Cl2NO3. The first kappa shape index (κ1) is 18.1. The number of hydrogen-bond acceptors (Lipinski definition) is 3. The van der Waals surface area contributed by atoms with Crippen molar-refractivity contribution >= 4 is 40.8 Å². The third kappa shape index (κ3) is 3.22. The third-order valence-corrected chi connectivity index (χ3v) is 7.15. The standard InChI is InChI=1S/C20H23Cl2NO3/c1-11(18(24)23-16-4-2-3-15(21)17(16)22)26-19(25)20-8-12-5-13(9-20)7-14(6-12)10-20/h2-4,11-14H,5-10H2,1H3,(H,23,24). The number of hydrogen-bond donors (Lipinski definition) is 1. The number of nitrogens with one attached hydrogen (secondary N) is 1. The van der Waals surface area contributed by atoms with Crippen LogP contribution in [-0.2, 0) is 14.3 Å². The molecule has 140 valence electrons. The van der Waals surface area contributed by atoms with Gasteiger partial charge in [0.25, 0.3) is 5.91 Å². The van der Waals surface area contributed by atoms with Crippen molar-refractivity contribution in [3.05, 3.63) is 28.2 Å². The molecule has 4 nitrogen and oxygen atoms in total. The molecule has 0 heterocycles. The Kier molecular flexibility index (Phi) is 4.68. The zero-order valence-corrected chi connectivity index (χ0v) is 16.3. The highest BCUT2D eigenvalue weighted by Crippen LogP contribution is 2.60. The molecule has 5 rings (SSSR count). The first-order chi connectivity index (χ1) is 12.4. The summed E-state index contributed by atoms with van der Waals surface area (Å²) in [5, 5.41) is 3.34. The van der Waals surface area contributed by atoms with Gasteiger partial charge in [-0.1, -0.05) is 29.3 Å². The summed E-state index contributed by atoms with van der Waals surface area (Å²) in [7, 11) is 0. The second-order valence-electron chi connectivity index (χ2n) is 8.34. The third-order valence-electron chi connectivity index (χ3n) is 6.33. The lowest BCUT2D eigenvalue weighted by Crippen LogP contribution is -2.51. The first-order valence-corrected chi connectivity index (χ1v) is 10.1. The number of rotatable bonds is 4. The Morgan fingerprint density at radius 1 is 1.12 bits per heavy atom. The summed E-state index contributed by atoms with van der Waals surface area (Å²) in [5.74, 6) is 1.37. The van der Waals surface area contributed by atoms with E-state index in [4.69, 9.17) is 27.9 Å². The molecule has 4 bridgehead atoms. The Balaban J connectivity index is 1.41. The van der Waals surface area contributed by atoms with Crippen molar-refractivity contribution in [2.75, 3.05) is 5.32 Å². The van der Waals surface area contributed by atoms with E-state index in [-0.39, 0.29) is 16.4 Å². The van der Waals surface area contributed by atoms with Crippen LogP contribution in [0.25, 0.3) is 0 Å². The van der Waals surface area contributed by atoms with Gasteiger partial charge in [0, 0.05) is 0 Å². The van der Waals surface area contributed by atoms with Crippen LogP contribution >= 0.6 is 23.2 Å². The topological polar surface area (TPSA) is 55.4 Å². The van der Waals surface area contributed by atoms with Gasteiger partial charge in [-0.2, -0.15) is 0 Å². The minimum absolute atomic E-state index is 0.198. The molecule has 1 aromatic rings. The Bertz CT molecular complexity index is 713. The van der Waals surface area contributed by atoms with Crippen LogP contribution in [0.4, 0.5) is 5.69 Å². The lowest BCUT2D eigenvalue weighted by atomic mass is 9.49. The van der Waals surface area contributed by atoms with Crippen LogP contribution in [-0.4, -0.2) is 18.0 Å². The van der Waals surface area contributed by atoms with Crippen molar-refractivity contribution in [3.63, 3.8) is 0 Å². The Morgan fingerprint density at radius 2 is 1.69 bits per heavy atom. The van der Waals surface area contributed by atoms with Crippen LogP contribution in [0, 0.1) is 23.2 Å². The van der Waals surface area contributed by atoms with E-state index in [9.17, 15) is 9.59 Å². The molecule has 4 saturated carbocycles. The van der Waals surface area contributed by atoms with Gasteiger partial charge in [0.1, 0.15) is 0 Å². The number of esters is 1. The Hall–Kier alpha value is -1.26. The van der Waals surface area contributed by atoms with Crippen LogP contribution in [0.2, 0.25) is 10.0 Å². The molecule has 1 N–H and O–H groups in total. The van der Waals surface area contributed by atoms with Gasteiger partial charge in [-0.15, -0.1) is 0 Å². The number of amides is 1. The smallest absolute Gasteiger partial charge is 0.312 e. The second-order valence-corrected chi connectivity index (χ2v) is 9.12. The van der Waals surface area contributed by atoms with E-state index in [0.29, 0.717) is 28.5 Å². The summed E-state index contributed by atoms with van der Waals surface area (Å²) < 4.78 is 5.61. The first-order valence-electron chi connectivity index (χ1n) is 9.32. The second kappa shape index (κ2) is 6.72. The van der Waals surface area contributed by atoms with Gasteiger partial charge in [0.15, 0.2) is 6.10 Å². The van der Waals surface area contributed by atoms with Gasteiger partial charge < -0.3 is 10.1 Å². The van der Waals surface area contributed by atoms with E-state index in [1.54, 1.807) is 25.1 Å². The molecule has 1 unspecified atom stereocenters. The predicted octanol–water partition coefficient (Wildman–Crippen LogP) is 5.08. The van der Waals surface area contributed by atoms with Crippen molar-refractivity contribution < 1.29 is 14.3 Å². The summed E-state index contributed by atoms with van der Waals surface area (Å²) >= 11 is 12.1. The van der Waals surface area contributed by atoms with Crippen molar-refractivity contribution in [1.29, 1.82) is 0 Å². The maximum atomic E-state index is 12.9. The largest absolute Gasteiger partial charge is 0.452 e. The molecular weight excluding hydrogens is 373 g/mol. The van der Waals surface area contributed by atoms with Crippen molar-refractivity contribution in [2.45, 2.75) is 51.6 Å². The molecule has 0 radical (unpaired) electrons. The Morgan fingerprint density at radius 3 is 2.27 bits per heavy atom. The quantitative estimate of drug-likeness (QED) is 0.723. The molecule has 1 amide bonds. The van der Waals surface area contributed by atoms with Crippen molar-refractivity contribution in [3.8, 4) is 0 Å². The van der Waals surface area contributed by atoms with Crippen molar-refractivity contribution in [2.24, 2.45) is 23.2 Å². The highest BCUT2D eigenvalue weighted by molar-refractivity contribution is 6.44.